The van der Waals surface area contributed by atoms with E-state index in [0.717, 1.165) is 67.9 Å². The minimum atomic E-state index is -0.363. The number of ether oxygens (including phenoxy) is 1. The maximum Gasteiger partial charge on any atom is 0.208 e. The van der Waals surface area contributed by atoms with Crippen molar-refractivity contribution in [1.82, 2.24) is 20.5 Å². The van der Waals surface area contributed by atoms with E-state index < -0.39 is 0 Å². The Kier molecular flexibility index (Phi) is 10.2. The van der Waals surface area contributed by atoms with Crippen LogP contribution in [0.2, 0.25) is 0 Å². The molecule has 178 valence electrons. The van der Waals surface area contributed by atoms with Crippen molar-refractivity contribution in [2.45, 2.75) is 46.2 Å². The van der Waals surface area contributed by atoms with Gasteiger partial charge in [0.1, 0.15) is 5.76 Å². The highest BCUT2D eigenvalue weighted by Gasteiger charge is 2.21. The van der Waals surface area contributed by atoms with E-state index in [1.54, 1.807) is 13.1 Å². The topological polar surface area (TPSA) is 74.9 Å². The van der Waals surface area contributed by atoms with Gasteiger partial charge in [-0.1, -0.05) is 6.07 Å². The number of rotatable bonds is 7. The minimum Gasteiger partial charge on any atom is -0.494 e. The number of likely N-dealkylation sites (tertiary alicyclic amines) is 1. The lowest BCUT2D eigenvalue weighted by molar-refractivity contribution is 0.164. The van der Waals surface area contributed by atoms with Crippen molar-refractivity contribution in [2.75, 3.05) is 33.8 Å². The molecule has 1 aliphatic rings. The van der Waals surface area contributed by atoms with Gasteiger partial charge in [-0.3, -0.25) is 9.89 Å². The quantitative estimate of drug-likeness (QED) is 0.301. The third-order valence-electron chi connectivity index (χ3n) is 5.95. The number of hydrogen-bond donors (Lipinski definition) is 2. The molecular formula is C23H35FIN5O2. The highest BCUT2D eigenvalue weighted by Crippen LogP contribution is 2.22. The number of oxazole rings is 1. The Balaban J connectivity index is 0.00000363. The smallest absolute Gasteiger partial charge is 0.208 e. The lowest BCUT2D eigenvalue weighted by Crippen LogP contribution is -2.43. The molecule has 1 fully saturated rings. The summed E-state index contributed by atoms with van der Waals surface area (Å²) in [6.07, 6.45) is 2.23. The van der Waals surface area contributed by atoms with Gasteiger partial charge in [-0.15, -0.1) is 24.0 Å². The monoisotopic (exact) mass is 559 g/mol. The van der Waals surface area contributed by atoms with Crippen molar-refractivity contribution in [3.05, 3.63) is 46.9 Å². The average molecular weight is 559 g/mol. The van der Waals surface area contributed by atoms with Crippen molar-refractivity contribution in [1.29, 1.82) is 0 Å². The molecule has 2 aromatic rings. The third kappa shape index (κ3) is 7.06. The number of benzene rings is 1. The lowest BCUT2D eigenvalue weighted by atomic mass is 9.97. The van der Waals surface area contributed by atoms with Gasteiger partial charge in [-0.25, -0.2) is 9.37 Å². The van der Waals surface area contributed by atoms with Gasteiger partial charge in [0.2, 0.25) is 5.89 Å². The molecule has 1 aromatic carbocycles. The normalized spacial score (nSPS) is 16.4. The fourth-order valence-electron chi connectivity index (χ4n) is 3.82. The number of halogens is 2. The van der Waals surface area contributed by atoms with Gasteiger partial charge in [0.15, 0.2) is 17.5 Å². The van der Waals surface area contributed by atoms with Crippen LogP contribution in [0.3, 0.4) is 0 Å². The van der Waals surface area contributed by atoms with Crippen LogP contribution < -0.4 is 15.4 Å². The Hall–Kier alpha value is -1.88. The first kappa shape index (κ1) is 26.4. The number of guanidine groups is 1. The molecule has 1 atom stereocenters. The largest absolute Gasteiger partial charge is 0.494 e. The van der Waals surface area contributed by atoms with E-state index in [-0.39, 0.29) is 41.6 Å². The van der Waals surface area contributed by atoms with Crippen LogP contribution in [0.15, 0.2) is 27.6 Å². The van der Waals surface area contributed by atoms with Crippen molar-refractivity contribution in [3.63, 3.8) is 0 Å². The summed E-state index contributed by atoms with van der Waals surface area (Å²) in [5.74, 6) is 2.89. The molecule has 1 aliphatic heterocycles. The van der Waals surface area contributed by atoms with Gasteiger partial charge in [-0.05, 0) is 70.3 Å². The molecule has 0 radical (unpaired) electrons. The molecule has 2 N–H and O–H groups in total. The van der Waals surface area contributed by atoms with Crippen LogP contribution in [0.1, 0.15) is 48.7 Å². The van der Waals surface area contributed by atoms with E-state index in [1.165, 1.54) is 13.2 Å². The molecule has 0 aliphatic carbocycles. The Morgan fingerprint density at radius 1 is 1.34 bits per heavy atom. The van der Waals surface area contributed by atoms with E-state index in [9.17, 15) is 4.39 Å². The standard InChI is InChI=1S/C23H34FN5O2.HI/c1-15-17(3)31-22(27-15)14-29-10-8-18(9-11-29)13-26-23(25-4)28-16(2)19-6-7-21(30-5)20(24)12-19;/h6-7,12,16,18H,8-11,13-14H2,1-5H3,(H2,25,26,28);1H. The SMILES string of the molecule is CN=C(NCC1CCN(Cc2nc(C)c(C)o2)CC1)NC(C)c1ccc(OC)c(F)c1.I. The van der Waals surface area contributed by atoms with Crippen LogP contribution in [-0.2, 0) is 6.54 Å². The van der Waals surface area contributed by atoms with E-state index >= 15 is 0 Å². The first-order valence-corrected chi connectivity index (χ1v) is 10.9. The Labute approximate surface area is 207 Å². The maximum atomic E-state index is 14.0. The highest BCUT2D eigenvalue weighted by atomic mass is 127. The summed E-state index contributed by atoms with van der Waals surface area (Å²) in [6.45, 7) is 9.60. The van der Waals surface area contributed by atoms with Crippen LogP contribution in [-0.4, -0.2) is 49.6 Å². The molecule has 1 saturated heterocycles. The third-order valence-corrected chi connectivity index (χ3v) is 5.95. The molecule has 0 spiro atoms. The second kappa shape index (κ2) is 12.4. The molecule has 0 saturated carbocycles. The van der Waals surface area contributed by atoms with Crippen LogP contribution in [0.4, 0.5) is 4.39 Å². The highest BCUT2D eigenvalue weighted by molar-refractivity contribution is 14.0. The van der Waals surface area contributed by atoms with Crippen molar-refractivity contribution in [2.24, 2.45) is 10.9 Å². The molecular weight excluding hydrogens is 524 g/mol. The average Bonchev–Trinajstić information content (AvgIpc) is 3.08. The number of aryl methyl sites for hydroxylation is 2. The van der Waals surface area contributed by atoms with E-state index in [2.05, 4.69) is 25.5 Å². The van der Waals surface area contributed by atoms with E-state index in [4.69, 9.17) is 9.15 Å². The van der Waals surface area contributed by atoms with Crippen LogP contribution in [0.25, 0.3) is 0 Å². The van der Waals surface area contributed by atoms with Crippen LogP contribution in [0, 0.1) is 25.6 Å². The fourth-order valence-corrected chi connectivity index (χ4v) is 3.82. The van der Waals surface area contributed by atoms with E-state index in [1.807, 2.05) is 26.8 Å². The number of hydrogen-bond acceptors (Lipinski definition) is 5. The summed E-state index contributed by atoms with van der Waals surface area (Å²) in [4.78, 5) is 11.2. The molecule has 7 nitrogen and oxygen atoms in total. The van der Waals surface area contributed by atoms with Gasteiger partial charge >= 0.3 is 0 Å². The molecule has 9 heteroatoms. The van der Waals surface area contributed by atoms with Crippen molar-refractivity contribution >= 4 is 29.9 Å². The summed E-state index contributed by atoms with van der Waals surface area (Å²) in [5, 5.41) is 6.76. The van der Waals surface area contributed by atoms with Crippen LogP contribution >= 0.6 is 24.0 Å². The molecule has 3 rings (SSSR count). The lowest BCUT2D eigenvalue weighted by Gasteiger charge is -2.31. The molecule has 0 amide bonds. The fraction of sp³-hybridized carbons (Fsp3) is 0.565. The summed E-state index contributed by atoms with van der Waals surface area (Å²) >= 11 is 0. The van der Waals surface area contributed by atoms with Gasteiger partial charge in [0, 0.05) is 13.6 Å². The zero-order valence-corrected chi connectivity index (χ0v) is 21.9. The second-order valence-corrected chi connectivity index (χ2v) is 8.18. The number of piperidine rings is 1. The van der Waals surface area contributed by atoms with Gasteiger partial charge in [-0.2, -0.15) is 0 Å². The van der Waals surface area contributed by atoms with Crippen molar-refractivity contribution < 1.29 is 13.5 Å². The summed E-state index contributed by atoms with van der Waals surface area (Å²) < 4.78 is 24.7. The zero-order valence-electron chi connectivity index (χ0n) is 19.6. The van der Waals surface area contributed by atoms with Crippen molar-refractivity contribution in [3.8, 4) is 5.75 Å². The van der Waals surface area contributed by atoms with E-state index in [0.29, 0.717) is 5.92 Å². The number of nitrogens with one attached hydrogen (secondary N) is 2. The van der Waals surface area contributed by atoms with Gasteiger partial charge < -0.3 is 19.8 Å². The second-order valence-electron chi connectivity index (χ2n) is 8.18. The number of aliphatic imine (C=N–C) groups is 1. The predicted octanol–water partition coefficient (Wildman–Crippen LogP) is 4.20. The summed E-state index contributed by atoms with van der Waals surface area (Å²) in [7, 11) is 3.21. The van der Waals surface area contributed by atoms with Gasteiger partial charge in [0.25, 0.3) is 0 Å². The molecule has 2 heterocycles. The minimum absolute atomic E-state index is 0. The molecule has 32 heavy (non-hydrogen) atoms. The Morgan fingerprint density at radius 3 is 2.62 bits per heavy atom. The maximum absolute atomic E-state index is 14.0. The molecule has 1 unspecified atom stereocenters. The Bertz CT molecular complexity index is 877. The first-order chi connectivity index (χ1) is 14.9. The summed E-state index contributed by atoms with van der Waals surface area (Å²) in [5.41, 5.74) is 1.81. The number of nitrogens with zero attached hydrogens (tertiary/aromatic N) is 3. The first-order valence-electron chi connectivity index (χ1n) is 10.9. The summed E-state index contributed by atoms with van der Waals surface area (Å²) in [6, 6.07) is 4.92. The Morgan fingerprint density at radius 2 is 2.06 bits per heavy atom. The number of methoxy groups -OCH3 is 1. The van der Waals surface area contributed by atoms with Crippen LogP contribution in [0.5, 0.6) is 5.75 Å². The number of aromatic nitrogens is 1. The molecule has 1 aromatic heterocycles. The predicted molar refractivity (Wildman–Crippen MR) is 135 cm³/mol. The molecule has 0 bridgehead atoms. The van der Waals surface area contributed by atoms with Gasteiger partial charge in [0.05, 0.1) is 25.4 Å². The zero-order chi connectivity index (χ0) is 22.4.